The Kier molecular flexibility index (Phi) is 5.61. The van der Waals surface area contributed by atoms with Gasteiger partial charge in [-0.25, -0.2) is 4.98 Å². The molecule has 1 saturated heterocycles. The summed E-state index contributed by atoms with van der Waals surface area (Å²) in [6.45, 7) is 6.60. The smallest absolute Gasteiger partial charge is 0.128 e. The molecule has 4 heteroatoms. The van der Waals surface area contributed by atoms with Gasteiger partial charge in [0.15, 0.2) is 0 Å². The molecule has 2 heterocycles. The summed E-state index contributed by atoms with van der Waals surface area (Å²) < 4.78 is 0. The lowest BCUT2D eigenvalue weighted by atomic mass is 9.98. The van der Waals surface area contributed by atoms with Crippen molar-refractivity contribution in [2.45, 2.75) is 38.6 Å². The number of unbranched alkanes of at least 4 members (excludes halogenated alkanes) is 2. The molecule has 1 aliphatic heterocycles. The van der Waals surface area contributed by atoms with E-state index >= 15 is 0 Å². The van der Waals surface area contributed by atoms with Crippen molar-refractivity contribution in [2.24, 2.45) is 0 Å². The number of nitrogen functional groups attached to an aromatic ring is 1. The van der Waals surface area contributed by atoms with E-state index in [0.717, 1.165) is 26.2 Å². The highest BCUT2D eigenvalue weighted by Gasteiger charge is 2.23. The first-order chi connectivity index (χ1) is 9.33. The van der Waals surface area contributed by atoms with Crippen LogP contribution in [0.25, 0.3) is 0 Å². The van der Waals surface area contributed by atoms with Gasteiger partial charge in [0.2, 0.25) is 0 Å². The fraction of sp³-hybridized carbons (Fsp3) is 0.667. The van der Waals surface area contributed by atoms with Crippen molar-refractivity contribution in [3.8, 4) is 0 Å². The van der Waals surface area contributed by atoms with Gasteiger partial charge in [0.1, 0.15) is 5.82 Å². The van der Waals surface area contributed by atoms with Gasteiger partial charge in [0, 0.05) is 44.0 Å². The summed E-state index contributed by atoms with van der Waals surface area (Å²) in [4.78, 5) is 6.81. The third kappa shape index (κ3) is 3.91. The first-order valence-corrected chi connectivity index (χ1v) is 7.48. The standard InChI is InChI=1S/C15H26N4/c1-2-3-4-7-14(19-11-9-17-10-12-19)13-6-5-8-18-15(13)16/h5-6,8,14,17H,2-4,7,9-12H2,1H3,(H2,16,18)/t14-/m1/s1. The first kappa shape index (κ1) is 14.3. The van der Waals surface area contributed by atoms with Crippen molar-refractivity contribution in [2.75, 3.05) is 31.9 Å². The van der Waals surface area contributed by atoms with Crippen LogP contribution in [0.1, 0.15) is 44.2 Å². The van der Waals surface area contributed by atoms with Crippen LogP contribution in [-0.4, -0.2) is 36.1 Å². The zero-order valence-electron chi connectivity index (χ0n) is 11.9. The molecule has 1 aromatic rings. The van der Waals surface area contributed by atoms with E-state index in [0.29, 0.717) is 11.9 Å². The lowest BCUT2D eigenvalue weighted by Gasteiger charge is -2.35. The maximum Gasteiger partial charge on any atom is 0.128 e. The average Bonchev–Trinajstić information content (AvgIpc) is 2.46. The second kappa shape index (κ2) is 7.46. The summed E-state index contributed by atoms with van der Waals surface area (Å²) in [5.41, 5.74) is 7.29. The summed E-state index contributed by atoms with van der Waals surface area (Å²) in [6.07, 6.45) is 6.78. The molecule has 0 aliphatic carbocycles. The third-order valence-corrected chi connectivity index (χ3v) is 3.90. The van der Waals surface area contributed by atoms with E-state index in [4.69, 9.17) is 5.73 Å². The topological polar surface area (TPSA) is 54.2 Å². The molecule has 1 atom stereocenters. The molecule has 106 valence electrons. The largest absolute Gasteiger partial charge is 0.383 e. The summed E-state index contributed by atoms with van der Waals surface area (Å²) in [5, 5.41) is 3.41. The zero-order valence-corrected chi connectivity index (χ0v) is 11.9. The second-order valence-corrected chi connectivity index (χ2v) is 5.28. The van der Waals surface area contributed by atoms with Gasteiger partial charge in [-0.3, -0.25) is 4.90 Å². The van der Waals surface area contributed by atoms with Gasteiger partial charge in [0.05, 0.1) is 0 Å². The lowest BCUT2D eigenvalue weighted by Crippen LogP contribution is -2.45. The molecule has 0 spiro atoms. The predicted octanol–water partition coefficient (Wildman–Crippen LogP) is 2.19. The van der Waals surface area contributed by atoms with Crippen LogP contribution < -0.4 is 11.1 Å². The van der Waals surface area contributed by atoms with Gasteiger partial charge in [-0.15, -0.1) is 0 Å². The van der Waals surface area contributed by atoms with E-state index < -0.39 is 0 Å². The van der Waals surface area contributed by atoms with Crippen LogP contribution in [0.15, 0.2) is 18.3 Å². The Balaban J connectivity index is 2.10. The van der Waals surface area contributed by atoms with Crippen LogP contribution >= 0.6 is 0 Å². The molecule has 3 N–H and O–H groups in total. The van der Waals surface area contributed by atoms with Crippen molar-refractivity contribution < 1.29 is 0 Å². The van der Waals surface area contributed by atoms with Gasteiger partial charge in [-0.1, -0.05) is 32.3 Å². The molecular weight excluding hydrogens is 236 g/mol. The number of piperazine rings is 1. The number of aromatic nitrogens is 1. The van der Waals surface area contributed by atoms with E-state index in [-0.39, 0.29) is 0 Å². The molecule has 0 amide bonds. The summed E-state index contributed by atoms with van der Waals surface area (Å²) in [5.74, 6) is 0.697. The van der Waals surface area contributed by atoms with Gasteiger partial charge < -0.3 is 11.1 Å². The molecule has 19 heavy (non-hydrogen) atoms. The van der Waals surface area contributed by atoms with Crippen LogP contribution in [0.5, 0.6) is 0 Å². The van der Waals surface area contributed by atoms with Crippen molar-refractivity contribution in [1.29, 1.82) is 0 Å². The number of pyridine rings is 1. The average molecular weight is 262 g/mol. The zero-order chi connectivity index (χ0) is 13.5. The van der Waals surface area contributed by atoms with Gasteiger partial charge >= 0.3 is 0 Å². The Morgan fingerprint density at radius 1 is 1.37 bits per heavy atom. The molecule has 4 nitrogen and oxygen atoms in total. The van der Waals surface area contributed by atoms with Crippen LogP contribution in [0.4, 0.5) is 5.82 Å². The van der Waals surface area contributed by atoms with Crippen LogP contribution in [0, 0.1) is 0 Å². The molecule has 0 bridgehead atoms. The fourth-order valence-corrected chi connectivity index (χ4v) is 2.83. The SMILES string of the molecule is CCCCC[C@H](c1cccnc1N)N1CCNCC1. The molecule has 0 saturated carbocycles. The molecule has 1 fully saturated rings. The van der Waals surface area contributed by atoms with E-state index in [9.17, 15) is 0 Å². The highest BCUT2D eigenvalue weighted by molar-refractivity contribution is 5.40. The number of hydrogen-bond acceptors (Lipinski definition) is 4. The monoisotopic (exact) mass is 262 g/mol. The number of hydrogen-bond donors (Lipinski definition) is 2. The Labute approximate surface area is 116 Å². The molecular formula is C15H26N4. The number of rotatable bonds is 6. The maximum absolute atomic E-state index is 6.08. The number of nitrogens with two attached hydrogens (primary N) is 1. The molecule has 1 aliphatic rings. The molecule has 0 unspecified atom stereocenters. The molecule has 1 aromatic heterocycles. The van der Waals surface area contributed by atoms with E-state index in [1.807, 2.05) is 6.07 Å². The summed E-state index contributed by atoms with van der Waals surface area (Å²) in [7, 11) is 0. The lowest BCUT2D eigenvalue weighted by molar-refractivity contribution is 0.163. The minimum absolute atomic E-state index is 0.433. The normalized spacial score (nSPS) is 18.4. The number of nitrogens with one attached hydrogen (secondary N) is 1. The first-order valence-electron chi connectivity index (χ1n) is 7.48. The van der Waals surface area contributed by atoms with Crippen molar-refractivity contribution in [3.63, 3.8) is 0 Å². The highest BCUT2D eigenvalue weighted by Crippen LogP contribution is 2.29. The van der Waals surface area contributed by atoms with E-state index in [2.05, 4.69) is 28.2 Å². The quantitative estimate of drug-likeness (QED) is 0.772. The maximum atomic E-state index is 6.08. The van der Waals surface area contributed by atoms with Gasteiger partial charge in [-0.05, 0) is 12.5 Å². The van der Waals surface area contributed by atoms with Crippen molar-refractivity contribution >= 4 is 5.82 Å². The minimum atomic E-state index is 0.433. The minimum Gasteiger partial charge on any atom is -0.383 e. The molecule has 0 radical (unpaired) electrons. The Morgan fingerprint density at radius 3 is 2.84 bits per heavy atom. The highest BCUT2D eigenvalue weighted by atomic mass is 15.2. The predicted molar refractivity (Wildman–Crippen MR) is 80.0 cm³/mol. The van der Waals surface area contributed by atoms with E-state index in [1.165, 1.54) is 31.2 Å². The van der Waals surface area contributed by atoms with Gasteiger partial charge in [0.25, 0.3) is 0 Å². The van der Waals surface area contributed by atoms with Crippen LogP contribution in [0.3, 0.4) is 0 Å². The fourth-order valence-electron chi connectivity index (χ4n) is 2.83. The molecule has 2 rings (SSSR count). The second-order valence-electron chi connectivity index (χ2n) is 5.28. The van der Waals surface area contributed by atoms with Gasteiger partial charge in [-0.2, -0.15) is 0 Å². The Morgan fingerprint density at radius 2 is 2.16 bits per heavy atom. The van der Waals surface area contributed by atoms with Crippen LogP contribution in [0.2, 0.25) is 0 Å². The van der Waals surface area contributed by atoms with Crippen LogP contribution in [-0.2, 0) is 0 Å². The van der Waals surface area contributed by atoms with Crippen molar-refractivity contribution in [3.05, 3.63) is 23.9 Å². The van der Waals surface area contributed by atoms with Crippen molar-refractivity contribution in [1.82, 2.24) is 15.2 Å². The third-order valence-electron chi connectivity index (χ3n) is 3.90. The Hall–Kier alpha value is -1.13. The molecule has 0 aromatic carbocycles. The number of anilines is 1. The van der Waals surface area contributed by atoms with E-state index in [1.54, 1.807) is 6.20 Å². The summed E-state index contributed by atoms with van der Waals surface area (Å²) in [6, 6.07) is 4.57. The number of nitrogens with zero attached hydrogens (tertiary/aromatic N) is 2. The Bertz CT molecular complexity index is 374. The summed E-state index contributed by atoms with van der Waals surface area (Å²) >= 11 is 0.